The smallest absolute Gasteiger partial charge is 0.144 e. The zero-order valence-electron chi connectivity index (χ0n) is 12.0. The molecule has 0 aromatic heterocycles. The average molecular weight is 292 g/mol. The lowest BCUT2D eigenvalue weighted by Crippen LogP contribution is -2.29. The maximum Gasteiger partial charge on any atom is 0.144 e. The fraction of sp³-hybridized carbons (Fsp3) is 0.211. The minimum absolute atomic E-state index is 0.0940. The number of ketones is 1. The van der Waals surface area contributed by atoms with E-state index in [2.05, 4.69) is 0 Å². The third-order valence-electron chi connectivity index (χ3n) is 4.47. The van der Waals surface area contributed by atoms with Crippen molar-refractivity contribution in [1.29, 1.82) is 0 Å². The van der Waals surface area contributed by atoms with E-state index in [1.165, 1.54) is 0 Å². The van der Waals surface area contributed by atoms with Crippen LogP contribution in [0.3, 0.4) is 0 Å². The van der Waals surface area contributed by atoms with Crippen LogP contribution >= 0.6 is 0 Å². The number of hydrogen-bond acceptors (Lipinski definition) is 3. The Morgan fingerprint density at radius 3 is 2.09 bits per heavy atom. The van der Waals surface area contributed by atoms with Crippen LogP contribution in [0.2, 0.25) is 0 Å². The summed E-state index contributed by atoms with van der Waals surface area (Å²) in [6.07, 6.45) is 2.87. The molecule has 0 radical (unpaired) electrons. The van der Waals surface area contributed by atoms with E-state index in [0.717, 1.165) is 22.6 Å². The number of carbonyl (C=O) groups excluding carboxylic acids is 1. The van der Waals surface area contributed by atoms with Crippen LogP contribution in [0.5, 0.6) is 11.5 Å². The highest BCUT2D eigenvalue weighted by molar-refractivity contribution is 5.86. The van der Waals surface area contributed by atoms with Gasteiger partial charge in [0.2, 0.25) is 0 Å². The predicted molar refractivity (Wildman–Crippen MR) is 83.2 cm³/mol. The molecule has 0 bridgehead atoms. The van der Waals surface area contributed by atoms with E-state index in [4.69, 9.17) is 4.74 Å². The number of para-hydroxylation sites is 2. The molecule has 1 unspecified atom stereocenters. The number of aliphatic hydroxyl groups is 1. The van der Waals surface area contributed by atoms with Crippen molar-refractivity contribution in [3.63, 3.8) is 0 Å². The molecule has 0 amide bonds. The van der Waals surface area contributed by atoms with Crippen molar-refractivity contribution < 1.29 is 14.6 Å². The normalized spacial score (nSPS) is 20.6. The summed E-state index contributed by atoms with van der Waals surface area (Å²) < 4.78 is 5.96. The summed E-state index contributed by atoms with van der Waals surface area (Å²) in [5.41, 5.74) is 1.92. The molecule has 1 heterocycles. The number of benzene rings is 2. The quantitative estimate of drug-likeness (QED) is 0.850. The molecule has 0 saturated heterocycles. The number of fused-ring (bicyclic) bond motifs is 2. The number of Topliss-reactive ketones (excluding diaryl/α,β-unsaturated/α-hetero) is 1. The Bertz CT molecular complexity index is 730. The van der Waals surface area contributed by atoms with Crippen molar-refractivity contribution in [2.24, 2.45) is 5.92 Å². The van der Waals surface area contributed by atoms with Crippen LogP contribution < -0.4 is 4.74 Å². The maximum absolute atomic E-state index is 12.5. The van der Waals surface area contributed by atoms with E-state index in [1.807, 2.05) is 48.5 Å². The first-order valence-corrected chi connectivity index (χ1v) is 7.53. The molecule has 1 atom stereocenters. The van der Waals surface area contributed by atoms with Gasteiger partial charge in [0.15, 0.2) is 0 Å². The lowest BCUT2D eigenvalue weighted by Gasteiger charge is -2.34. The van der Waals surface area contributed by atoms with Crippen LogP contribution in [-0.2, 0) is 4.79 Å². The standard InChI is InChI=1S/C19H16O3/c20-14-8-5-9-15(21)19(14)18-12-6-1-3-10-16(12)22-17-11-4-2-7-13(17)18/h1-4,6-8,10-11,18-20H,5,9H2. The highest BCUT2D eigenvalue weighted by Crippen LogP contribution is 2.49. The topological polar surface area (TPSA) is 46.5 Å². The Labute approximate surface area is 128 Å². The number of aliphatic hydroxyl groups excluding tert-OH is 1. The molecule has 3 nitrogen and oxygen atoms in total. The number of allylic oxidation sites excluding steroid dienone is 2. The number of rotatable bonds is 1. The van der Waals surface area contributed by atoms with Crippen molar-refractivity contribution in [2.75, 3.05) is 0 Å². The summed E-state index contributed by atoms with van der Waals surface area (Å²) in [5.74, 6) is 1.10. The third-order valence-corrected chi connectivity index (χ3v) is 4.47. The molecule has 0 spiro atoms. The molecule has 2 aromatic carbocycles. The number of ether oxygens (including phenoxy) is 1. The SMILES string of the molecule is O=C1CCC=C(O)C1C1c2ccccc2Oc2ccccc21. The van der Waals surface area contributed by atoms with Crippen molar-refractivity contribution >= 4 is 5.78 Å². The molecular formula is C19H16O3. The Morgan fingerprint density at radius 2 is 1.50 bits per heavy atom. The molecule has 1 aliphatic carbocycles. The first kappa shape index (κ1) is 13.1. The fourth-order valence-electron chi connectivity index (χ4n) is 3.47. The van der Waals surface area contributed by atoms with Crippen LogP contribution in [0.15, 0.2) is 60.4 Å². The maximum atomic E-state index is 12.5. The molecule has 0 fully saturated rings. The largest absolute Gasteiger partial charge is 0.512 e. The van der Waals surface area contributed by atoms with Gasteiger partial charge >= 0.3 is 0 Å². The summed E-state index contributed by atoms with van der Waals surface area (Å²) >= 11 is 0. The molecule has 0 saturated carbocycles. The number of carbonyl (C=O) groups is 1. The van der Waals surface area contributed by atoms with Gasteiger partial charge in [-0.05, 0) is 24.6 Å². The molecule has 22 heavy (non-hydrogen) atoms. The number of hydrogen-bond donors (Lipinski definition) is 1. The zero-order valence-corrected chi connectivity index (χ0v) is 12.0. The highest BCUT2D eigenvalue weighted by atomic mass is 16.5. The van der Waals surface area contributed by atoms with Crippen molar-refractivity contribution in [3.8, 4) is 11.5 Å². The predicted octanol–water partition coefficient (Wildman–Crippen LogP) is 4.35. The average Bonchev–Trinajstić information content (AvgIpc) is 2.54. The van der Waals surface area contributed by atoms with E-state index in [-0.39, 0.29) is 17.5 Å². The Kier molecular flexibility index (Phi) is 3.00. The molecule has 4 rings (SSSR count). The van der Waals surface area contributed by atoms with Gasteiger partial charge in [-0.3, -0.25) is 4.79 Å². The van der Waals surface area contributed by atoms with E-state index in [9.17, 15) is 9.90 Å². The van der Waals surface area contributed by atoms with Gasteiger partial charge < -0.3 is 9.84 Å². The molecule has 2 aromatic rings. The highest BCUT2D eigenvalue weighted by Gasteiger charge is 2.40. The summed E-state index contributed by atoms with van der Waals surface area (Å²) in [7, 11) is 0. The first-order chi connectivity index (χ1) is 10.8. The Morgan fingerprint density at radius 1 is 0.909 bits per heavy atom. The van der Waals surface area contributed by atoms with Crippen molar-refractivity contribution in [2.45, 2.75) is 18.8 Å². The second kappa shape index (κ2) is 5.02. The van der Waals surface area contributed by atoms with Gasteiger partial charge in [-0.15, -0.1) is 0 Å². The van der Waals surface area contributed by atoms with Gasteiger partial charge in [-0.2, -0.15) is 0 Å². The fourth-order valence-corrected chi connectivity index (χ4v) is 3.47. The van der Waals surface area contributed by atoms with Gasteiger partial charge in [-0.25, -0.2) is 0 Å². The van der Waals surface area contributed by atoms with Crippen LogP contribution in [-0.4, -0.2) is 10.9 Å². The molecular weight excluding hydrogens is 276 g/mol. The second-order valence-corrected chi connectivity index (χ2v) is 5.77. The third kappa shape index (κ3) is 1.93. The molecule has 2 aliphatic rings. The van der Waals surface area contributed by atoms with E-state index in [1.54, 1.807) is 6.08 Å². The van der Waals surface area contributed by atoms with Crippen LogP contribution in [0.1, 0.15) is 29.9 Å². The van der Waals surface area contributed by atoms with Crippen LogP contribution in [0, 0.1) is 5.92 Å². The molecule has 110 valence electrons. The van der Waals surface area contributed by atoms with Gasteiger partial charge in [0.05, 0.1) is 11.7 Å². The summed E-state index contributed by atoms with van der Waals surface area (Å²) in [6.45, 7) is 0. The summed E-state index contributed by atoms with van der Waals surface area (Å²) in [5, 5.41) is 10.3. The Hall–Kier alpha value is -2.55. The minimum atomic E-state index is -0.514. The van der Waals surface area contributed by atoms with E-state index >= 15 is 0 Å². The first-order valence-electron chi connectivity index (χ1n) is 7.53. The van der Waals surface area contributed by atoms with E-state index < -0.39 is 5.92 Å². The summed E-state index contributed by atoms with van der Waals surface area (Å²) in [4.78, 5) is 12.5. The second-order valence-electron chi connectivity index (χ2n) is 5.77. The van der Waals surface area contributed by atoms with E-state index in [0.29, 0.717) is 12.8 Å². The lowest BCUT2D eigenvalue weighted by atomic mass is 9.73. The van der Waals surface area contributed by atoms with Gasteiger partial charge in [0.25, 0.3) is 0 Å². The molecule has 1 aliphatic heterocycles. The van der Waals surface area contributed by atoms with Gasteiger partial charge in [-0.1, -0.05) is 36.4 Å². The van der Waals surface area contributed by atoms with Crippen LogP contribution in [0.25, 0.3) is 0 Å². The lowest BCUT2D eigenvalue weighted by molar-refractivity contribution is -0.123. The minimum Gasteiger partial charge on any atom is -0.512 e. The van der Waals surface area contributed by atoms with Gasteiger partial charge in [0, 0.05) is 23.5 Å². The van der Waals surface area contributed by atoms with Gasteiger partial charge in [0.1, 0.15) is 17.3 Å². The Balaban J connectivity index is 1.93. The van der Waals surface area contributed by atoms with Crippen LogP contribution in [0.4, 0.5) is 0 Å². The monoisotopic (exact) mass is 292 g/mol. The zero-order chi connectivity index (χ0) is 15.1. The molecule has 3 heteroatoms. The summed E-state index contributed by atoms with van der Waals surface area (Å²) in [6, 6.07) is 15.5. The van der Waals surface area contributed by atoms with Crippen molar-refractivity contribution in [1.82, 2.24) is 0 Å². The van der Waals surface area contributed by atoms with Crippen molar-refractivity contribution in [3.05, 3.63) is 71.5 Å². The molecule has 1 N–H and O–H groups in total.